The largest absolute Gasteiger partial charge is 0.384 e. The van der Waals surface area contributed by atoms with Gasteiger partial charge in [0.05, 0.1) is 11.3 Å². The first kappa shape index (κ1) is 13.5. The van der Waals surface area contributed by atoms with E-state index in [0.717, 1.165) is 36.6 Å². The average Bonchev–Trinajstić information content (AvgIpc) is 2.49. The van der Waals surface area contributed by atoms with Crippen LogP contribution in [-0.2, 0) is 13.0 Å². The fraction of sp³-hybridized carbons (Fsp3) is 0.312. The van der Waals surface area contributed by atoms with Gasteiger partial charge in [0.15, 0.2) is 5.82 Å². The van der Waals surface area contributed by atoms with Crippen LogP contribution in [-0.4, -0.2) is 22.6 Å². The molecule has 0 saturated heterocycles. The number of nitrogens with one attached hydrogen (secondary N) is 1. The molecule has 5 nitrogen and oxygen atoms in total. The van der Waals surface area contributed by atoms with E-state index in [-0.39, 0.29) is 5.84 Å². The maximum absolute atomic E-state index is 7.86. The first-order valence-electron chi connectivity index (χ1n) is 7.08. The molecule has 0 spiro atoms. The van der Waals surface area contributed by atoms with Crippen LogP contribution >= 0.6 is 0 Å². The third kappa shape index (κ3) is 2.35. The van der Waals surface area contributed by atoms with E-state index in [0.29, 0.717) is 5.56 Å². The van der Waals surface area contributed by atoms with Gasteiger partial charge >= 0.3 is 0 Å². The third-order valence-corrected chi connectivity index (χ3v) is 4.14. The van der Waals surface area contributed by atoms with Gasteiger partial charge in [0.25, 0.3) is 0 Å². The minimum Gasteiger partial charge on any atom is -0.384 e. The van der Waals surface area contributed by atoms with Crippen molar-refractivity contribution in [3.8, 4) is 0 Å². The second-order valence-electron chi connectivity index (χ2n) is 5.46. The molecule has 3 N–H and O–H groups in total. The molecule has 0 saturated carbocycles. The Morgan fingerprint density at radius 2 is 1.90 bits per heavy atom. The lowest BCUT2D eigenvalue weighted by atomic mass is 9.99. The Bertz CT molecular complexity index is 708. The summed E-state index contributed by atoms with van der Waals surface area (Å²) < 4.78 is 0. The minimum absolute atomic E-state index is 0.0550. The first-order chi connectivity index (χ1) is 10.1. The average molecular weight is 281 g/mol. The number of nitrogen functional groups attached to an aromatic ring is 1. The molecular formula is C16H19N5. The van der Waals surface area contributed by atoms with E-state index in [4.69, 9.17) is 11.1 Å². The molecule has 0 atom stereocenters. The monoisotopic (exact) mass is 281 g/mol. The van der Waals surface area contributed by atoms with E-state index >= 15 is 0 Å². The van der Waals surface area contributed by atoms with Gasteiger partial charge in [0.2, 0.25) is 0 Å². The van der Waals surface area contributed by atoms with Crippen molar-refractivity contribution in [2.75, 3.05) is 11.4 Å². The van der Waals surface area contributed by atoms with Gasteiger partial charge in [-0.25, -0.2) is 0 Å². The molecule has 0 fully saturated rings. The topological polar surface area (TPSA) is 78.9 Å². The Morgan fingerprint density at radius 1 is 1.19 bits per heavy atom. The molecule has 21 heavy (non-hydrogen) atoms. The number of rotatable bonds is 2. The molecule has 0 amide bonds. The van der Waals surface area contributed by atoms with Crippen molar-refractivity contribution in [3.05, 3.63) is 52.2 Å². The van der Waals surface area contributed by atoms with E-state index in [9.17, 15) is 0 Å². The Hall–Kier alpha value is -2.43. The van der Waals surface area contributed by atoms with Gasteiger partial charge in [-0.3, -0.25) is 5.41 Å². The summed E-state index contributed by atoms with van der Waals surface area (Å²) in [5.74, 6) is 0.777. The van der Waals surface area contributed by atoms with Gasteiger partial charge in [-0.05, 0) is 37.0 Å². The zero-order valence-corrected chi connectivity index (χ0v) is 12.3. The van der Waals surface area contributed by atoms with E-state index in [1.807, 2.05) is 13.8 Å². The third-order valence-electron chi connectivity index (χ3n) is 4.14. The summed E-state index contributed by atoms with van der Waals surface area (Å²) in [7, 11) is 0. The SMILES string of the molecule is Cc1nnc(N2CCc3ccccc3C2)c(C(=N)N)c1C. The van der Waals surface area contributed by atoms with Crippen LogP contribution in [0.5, 0.6) is 0 Å². The number of nitrogens with two attached hydrogens (primary N) is 1. The van der Waals surface area contributed by atoms with Crippen molar-refractivity contribution < 1.29 is 0 Å². The van der Waals surface area contributed by atoms with E-state index in [1.165, 1.54) is 11.1 Å². The highest BCUT2D eigenvalue weighted by Crippen LogP contribution is 2.27. The van der Waals surface area contributed by atoms with E-state index in [2.05, 4.69) is 39.4 Å². The Balaban J connectivity index is 2.03. The van der Waals surface area contributed by atoms with Crippen molar-refractivity contribution in [2.45, 2.75) is 26.8 Å². The van der Waals surface area contributed by atoms with Crippen molar-refractivity contribution in [1.29, 1.82) is 5.41 Å². The molecule has 0 radical (unpaired) electrons. The molecule has 5 heteroatoms. The fourth-order valence-corrected chi connectivity index (χ4v) is 2.82. The van der Waals surface area contributed by atoms with Gasteiger partial charge in [0.1, 0.15) is 5.84 Å². The normalized spacial score (nSPS) is 13.9. The summed E-state index contributed by atoms with van der Waals surface area (Å²) in [5.41, 5.74) is 10.9. The Kier molecular flexibility index (Phi) is 3.33. The van der Waals surface area contributed by atoms with Crippen LogP contribution < -0.4 is 10.6 Å². The zero-order valence-electron chi connectivity index (χ0n) is 12.3. The van der Waals surface area contributed by atoms with Crippen LogP contribution in [0.4, 0.5) is 5.82 Å². The predicted molar refractivity (Wildman–Crippen MR) is 83.7 cm³/mol. The first-order valence-corrected chi connectivity index (χ1v) is 7.08. The van der Waals surface area contributed by atoms with Gasteiger partial charge in [-0.1, -0.05) is 24.3 Å². The molecule has 2 aromatic rings. The number of aromatic nitrogens is 2. The molecule has 0 bridgehead atoms. The summed E-state index contributed by atoms with van der Waals surface area (Å²) in [4.78, 5) is 2.17. The second-order valence-corrected chi connectivity index (χ2v) is 5.46. The van der Waals surface area contributed by atoms with Crippen molar-refractivity contribution in [1.82, 2.24) is 10.2 Å². The van der Waals surface area contributed by atoms with Crippen LogP contribution in [0.25, 0.3) is 0 Å². The fourth-order valence-electron chi connectivity index (χ4n) is 2.82. The Labute approximate surface area is 124 Å². The summed E-state index contributed by atoms with van der Waals surface area (Å²) in [6, 6.07) is 8.44. The zero-order chi connectivity index (χ0) is 15.0. The highest BCUT2D eigenvalue weighted by atomic mass is 15.3. The lowest BCUT2D eigenvalue weighted by molar-refractivity contribution is 0.708. The van der Waals surface area contributed by atoms with E-state index < -0.39 is 0 Å². The number of anilines is 1. The van der Waals surface area contributed by atoms with Crippen molar-refractivity contribution in [2.24, 2.45) is 5.73 Å². The molecule has 108 valence electrons. The molecular weight excluding hydrogens is 262 g/mol. The standard InChI is InChI=1S/C16H19N5/c1-10-11(2)19-20-16(14(10)15(17)18)21-8-7-12-5-3-4-6-13(12)9-21/h3-6H,7-9H2,1-2H3,(H3,17,18). The highest BCUT2D eigenvalue weighted by molar-refractivity contribution is 6.01. The molecule has 1 aromatic heterocycles. The van der Waals surface area contributed by atoms with Crippen LogP contribution in [0.15, 0.2) is 24.3 Å². The lowest BCUT2D eigenvalue weighted by Gasteiger charge is -2.31. The number of amidine groups is 1. The Morgan fingerprint density at radius 3 is 2.62 bits per heavy atom. The van der Waals surface area contributed by atoms with Crippen LogP contribution in [0.3, 0.4) is 0 Å². The number of aryl methyl sites for hydroxylation is 1. The molecule has 1 aliphatic rings. The molecule has 2 heterocycles. The lowest BCUT2D eigenvalue weighted by Crippen LogP contribution is -2.33. The summed E-state index contributed by atoms with van der Waals surface area (Å²) >= 11 is 0. The van der Waals surface area contributed by atoms with Gasteiger partial charge < -0.3 is 10.6 Å². The summed E-state index contributed by atoms with van der Waals surface area (Å²) in [5, 5.41) is 16.4. The number of hydrogen-bond acceptors (Lipinski definition) is 4. The van der Waals surface area contributed by atoms with E-state index in [1.54, 1.807) is 0 Å². The summed E-state index contributed by atoms with van der Waals surface area (Å²) in [6.45, 7) is 5.49. The van der Waals surface area contributed by atoms with Gasteiger partial charge in [0, 0.05) is 13.1 Å². The molecule has 1 aliphatic heterocycles. The van der Waals surface area contributed by atoms with Crippen LogP contribution in [0, 0.1) is 19.3 Å². The number of benzene rings is 1. The minimum atomic E-state index is 0.0550. The quantitative estimate of drug-likeness (QED) is 0.651. The highest BCUT2D eigenvalue weighted by Gasteiger charge is 2.23. The van der Waals surface area contributed by atoms with Crippen molar-refractivity contribution >= 4 is 11.7 Å². The number of nitrogens with zero attached hydrogens (tertiary/aromatic N) is 3. The van der Waals surface area contributed by atoms with Gasteiger partial charge in [-0.2, -0.15) is 5.10 Å². The molecule has 0 aliphatic carbocycles. The van der Waals surface area contributed by atoms with Crippen molar-refractivity contribution in [3.63, 3.8) is 0 Å². The number of fused-ring (bicyclic) bond motifs is 1. The maximum Gasteiger partial charge on any atom is 0.162 e. The second kappa shape index (κ2) is 5.16. The maximum atomic E-state index is 7.86. The van der Waals surface area contributed by atoms with Crippen LogP contribution in [0.2, 0.25) is 0 Å². The summed E-state index contributed by atoms with van der Waals surface area (Å²) in [6.07, 6.45) is 0.974. The molecule has 0 unspecified atom stereocenters. The molecule has 3 rings (SSSR count). The predicted octanol–water partition coefficient (Wildman–Crippen LogP) is 1.94. The molecule has 1 aromatic carbocycles. The van der Waals surface area contributed by atoms with Gasteiger partial charge in [-0.15, -0.1) is 5.10 Å². The number of hydrogen-bond donors (Lipinski definition) is 2. The smallest absolute Gasteiger partial charge is 0.162 e. The van der Waals surface area contributed by atoms with Crippen LogP contribution in [0.1, 0.15) is 27.9 Å².